The second-order valence-electron chi connectivity index (χ2n) is 14.0. The van der Waals surface area contributed by atoms with Gasteiger partial charge in [0.25, 0.3) is 0 Å². The Hall–Kier alpha value is -0.900. The van der Waals surface area contributed by atoms with Crippen molar-refractivity contribution in [2.75, 3.05) is 0 Å². The third-order valence-electron chi connectivity index (χ3n) is 11.5. The summed E-state index contributed by atoms with van der Waals surface area (Å²) in [4.78, 5) is 40.8. The molecule has 2 unspecified atom stereocenters. The quantitative estimate of drug-likeness (QED) is 0.185. The Balaban J connectivity index is 1.82. The first kappa shape index (κ1) is 29.1. The van der Waals surface area contributed by atoms with E-state index in [0.717, 1.165) is 5.57 Å². The average Bonchev–Trinajstić information content (AvgIpc) is 2.96. The molecule has 0 amide bonds. The highest BCUT2D eigenvalue weighted by atomic mass is 127. The summed E-state index contributed by atoms with van der Waals surface area (Å²) in [6.07, 6.45) is 4.66. The van der Waals surface area contributed by atoms with Gasteiger partial charge in [-0.3, -0.25) is 14.4 Å². The molecule has 0 aromatic rings. The van der Waals surface area contributed by atoms with Gasteiger partial charge in [0.05, 0.1) is 15.1 Å². The zero-order valence-electron chi connectivity index (χ0n) is 23.4. The van der Waals surface area contributed by atoms with Gasteiger partial charge in [0.1, 0.15) is 11.9 Å². The van der Waals surface area contributed by atoms with Crippen LogP contribution in [0.5, 0.6) is 0 Å². The number of hydrogen-bond donors (Lipinski definition) is 3. The zero-order chi connectivity index (χ0) is 28.1. The van der Waals surface area contributed by atoms with Gasteiger partial charge in [-0.2, -0.15) is 0 Å². The molecule has 3 fully saturated rings. The van der Waals surface area contributed by atoms with Crippen molar-refractivity contribution in [1.29, 1.82) is 0 Å². The van der Waals surface area contributed by atoms with Crippen LogP contribution in [0.1, 0.15) is 81.1 Å². The molecule has 0 aromatic heterocycles. The Bertz CT molecular complexity index is 1100. The highest BCUT2D eigenvalue weighted by molar-refractivity contribution is 14.1. The van der Waals surface area contributed by atoms with Gasteiger partial charge in [-0.1, -0.05) is 74.9 Å². The molecule has 37 heavy (non-hydrogen) atoms. The second-order valence-corrected chi connectivity index (χ2v) is 16.2. The van der Waals surface area contributed by atoms with E-state index in [2.05, 4.69) is 42.5 Å². The standard InChI is InChI=1S/C30H43IO6/c1-16-17-9-10-20-27(5)14-19(33)24(30(8,31)21(34)11-12-25(2,3)37)28(27,6)15-22(35)29(20,7)26(17,4)13-18(32)23(16)36/h9,11-12,16,19-20,23-24,33,36-37H,10,13-15H2,1-8H3/b12-11+/t16-,19-,20+,23?,24?,26-,27+,28-,29+,30-/m1/s1. The molecule has 4 rings (SSSR count). The van der Waals surface area contributed by atoms with Crippen LogP contribution in [0.3, 0.4) is 0 Å². The van der Waals surface area contributed by atoms with E-state index in [9.17, 15) is 29.7 Å². The normalized spacial score (nSPS) is 47.7. The Morgan fingerprint density at radius 3 is 2.24 bits per heavy atom. The fourth-order valence-corrected chi connectivity index (χ4v) is 10.4. The van der Waals surface area contributed by atoms with Gasteiger partial charge in [0, 0.05) is 35.5 Å². The molecule has 0 bridgehead atoms. The van der Waals surface area contributed by atoms with Crippen molar-refractivity contribution in [2.45, 2.75) is 102 Å². The molecule has 0 saturated heterocycles. The van der Waals surface area contributed by atoms with Crippen molar-refractivity contribution in [3.8, 4) is 0 Å². The van der Waals surface area contributed by atoms with Gasteiger partial charge < -0.3 is 15.3 Å². The van der Waals surface area contributed by atoms with Crippen LogP contribution in [0.15, 0.2) is 23.8 Å². The van der Waals surface area contributed by atoms with Crippen LogP contribution in [0.25, 0.3) is 0 Å². The second kappa shape index (κ2) is 8.55. The molecule has 0 aliphatic heterocycles. The van der Waals surface area contributed by atoms with E-state index < -0.39 is 48.8 Å². The number of allylic oxidation sites excluding steroid dienone is 2. The van der Waals surface area contributed by atoms with Crippen LogP contribution in [-0.2, 0) is 14.4 Å². The van der Waals surface area contributed by atoms with Crippen molar-refractivity contribution in [2.24, 2.45) is 39.4 Å². The minimum Gasteiger partial charge on any atom is -0.393 e. The topological polar surface area (TPSA) is 112 Å². The van der Waals surface area contributed by atoms with E-state index in [-0.39, 0.29) is 42.0 Å². The lowest BCUT2D eigenvalue weighted by atomic mass is 9.35. The first-order chi connectivity index (χ1) is 16.7. The third-order valence-corrected chi connectivity index (χ3v) is 12.7. The van der Waals surface area contributed by atoms with Crippen LogP contribution < -0.4 is 0 Å². The Labute approximate surface area is 234 Å². The highest BCUT2D eigenvalue weighted by Gasteiger charge is 2.76. The van der Waals surface area contributed by atoms with Gasteiger partial charge >= 0.3 is 0 Å². The summed E-state index contributed by atoms with van der Waals surface area (Å²) in [5.41, 5.74) is -2.76. The monoisotopic (exact) mass is 626 g/mol. The molecule has 3 N–H and O–H groups in total. The maximum Gasteiger partial charge on any atom is 0.171 e. The number of aliphatic hydroxyl groups is 3. The molecule has 0 radical (unpaired) electrons. The summed E-state index contributed by atoms with van der Waals surface area (Å²) in [6, 6.07) is 0. The summed E-state index contributed by atoms with van der Waals surface area (Å²) in [5, 5.41) is 32.2. The van der Waals surface area contributed by atoms with Crippen LogP contribution in [-0.4, -0.2) is 53.9 Å². The molecule has 10 atom stereocenters. The number of Topliss-reactive ketones (excluding diaryl/α,β-unsaturated/α-hetero) is 2. The van der Waals surface area contributed by atoms with Gasteiger partial charge in [0.15, 0.2) is 11.6 Å². The number of rotatable bonds is 4. The largest absolute Gasteiger partial charge is 0.393 e. The fraction of sp³-hybridized carbons (Fsp3) is 0.767. The van der Waals surface area contributed by atoms with E-state index in [0.29, 0.717) is 12.8 Å². The lowest BCUT2D eigenvalue weighted by Gasteiger charge is -2.67. The third kappa shape index (κ3) is 3.76. The summed E-state index contributed by atoms with van der Waals surface area (Å²) in [6.45, 7) is 15.2. The predicted octanol–water partition coefficient (Wildman–Crippen LogP) is 4.37. The van der Waals surface area contributed by atoms with E-state index >= 15 is 0 Å². The minimum atomic E-state index is -1.14. The number of halogens is 1. The minimum absolute atomic E-state index is 0.0766. The molecule has 3 saturated carbocycles. The smallest absolute Gasteiger partial charge is 0.171 e. The van der Waals surface area contributed by atoms with E-state index in [1.807, 2.05) is 27.7 Å². The summed E-state index contributed by atoms with van der Waals surface area (Å²) < 4.78 is -0.988. The van der Waals surface area contributed by atoms with Gasteiger partial charge in [0.2, 0.25) is 0 Å². The number of aliphatic hydroxyl groups excluding tert-OH is 2. The lowest BCUT2D eigenvalue weighted by molar-refractivity contribution is -0.182. The molecule has 6 nitrogen and oxygen atoms in total. The first-order valence-electron chi connectivity index (χ1n) is 13.5. The number of fused-ring (bicyclic) bond motifs is 5. The van der Waals surface area contributed by atoms with Crippen molar-refractivity contribution >= 4 is 39.9 Å². The van der Waals surface area contributed by atoms with Crippen molar-refractivity contribution in [3.05, 3.63) is 23.8 Å². The molecular formula is C30H43IO6. The molecule has 0 aromatic carbocycles. The molecular weight excluding hydrogens is 583 g/mol. The average molecular weight is 627 g/mol. The summed E-state index contributed by atoms with van der Waals surface area (Å²) in [7, 11) is 0. The molecule has 0 heterocycles. The van der Waals surface area contributed by atoms with Gasteiger partial charge in [-0.25, -0.2) is 0 Å². The predicted molar refractivity (Wildman–Crippen MR) is 150 cm³/mol. The van der Waals surface area contributed by atoms with Crippen molar-refractivity contribution < 1.29 is 29.7 Å². The van der Waals surface area contributed by atoms with Crippen LogP contribution in [0.4, 0.5) is 0 Å². The molecule has 4 aliphatic rings. The SMILES string of the molecule is C[C@@H]1C2=CC[C@H]3[C@]4(C)C[C@@H](O)C([C@](C)(I)C(=O)/C=C/C(C)(C)O)[C@@]4(C)CC(=O)[C@@]3(C)[C@]2(C)CC(=O)C1O. The summed E-state index contributed by atoms with van der Waals surface area (Å²) in [5.74, 6) is -1.25. The van der Waals surface area contributed by atoms with Crippen molar-refractivity contribution in [3.63, 3.8) is 0 Å². The van der Waals surface area contributed by atoms with E-state index in [4.69, 9.17) is 0 Å². The lowest BCUT2D eigenvalue weighted by Crippen LogP contribution is -2.67. The van der Waals surface area contributed by atoms with Crippen LogP contribution >= 0.6 is 22.6 Å². The highest BCUT2D eigenvalue weighted by Crippen LogP contribution is 2.76. The number of ketones is 3. The first-order valence-corrected chi connectivity index (χ1v) is 14.5. The van der Waals surface area contributed by atoms with Gasteiger partial charge in [-0.05, 0) is 56.4 Å². The number of hydrogen-bond acceptors (Lipinski definition) is 6. The Morgan fingerprint density at radius 1 is 1.08 bits per heavy atom. The van der Waals surface area contributed by atoms with E-state index in [1.54, 1.807) is 13.8 Å². The molecule has 7 heteroatoms. The molecule has 206 valence electrons. The summed E-state index contributed by atoms with van der Waals surface area (Å²) >= 11 is 2.14. The Morgan fingerprint density at radius 2 is 1.68 bits per heavy atom. The molecule has 4 aliphatic carbocycles. The van der Waals surface area contributed by atoms with Crippen LogP contribution in [0.2, 0.25) is 0 Å². The molecule has 0 spiro atoms. The maximum absolute atomic E-state index is 14.4. The number of alkyl halides is 1. The van der Waals surface area contributed by atoms with Gasteiger partial charge in [-0.15, -0.1) is 0 Å². The Kier molecular flexibility index (Phi) is 6.72. The number of carbonyl (C=O) groups is 3. The van der Waals surface area contributed by atoms with Crippen LogP contribution in [0, 0.1) is 39.4 Å². The number of carbonyl (C=O) groups excluding carboxylic acids is 3. The van der Waals surface area contributed by atoms with E-state index in [1.165, 1.54) is 12.2 Å². The fourth-order valence-electron chi connectivity index (χ4n) is 9.16. The van der Waals surface area contributed by atoms with Crippen molar-refractivity contribution in [1.82, 2.24) is 0 Å². The maximum atomic E-state index is 14.4. The zero-order valence-corrected chi connectivity index (χ0v) is 25.5.